The predicted molar refractivity (Wildman–Crippen MR) is 127 cm³/mol. The Labute approximate surface area is 193 Å². The number of unbranched alkanes of at least 4 members (excludes halogenated alkanes) is 4. The molecule has 9 nitrogen and oxygen atoms in total. The van der Waals surface area contributed by atoms with Crippen LogP contribution in [-0.2, 0) is 9.59 Å². The molecule has 0 bridgehead atoms. The van der Waals surface area contributed by atoms with Gasteiger partial charge >= 0.3 is 0 Å². The maximum Gasteiger partial charge on any atom is 0.229 e. The number of hydrogen-bond acceptors (Lipinski definition) is 5. The normalized spacial score (nSPS) is 9.28. The van der Waals surface area contributed by atoms with E-state index in [-0.39, 0.29) is 61.4 Å². The van der Waals surface area contributed by atoms with Gasteiger partial charge in [-0.2, -0.15) is 0 Å². The molecule has 0 spiro atoms. The second kappa shape index (κ2) is 27.0. The number of carbonyl (C=O) groups is 2. The fraction of sp³-hybridized carbons (Fsp3) is 0.824. The Kier molecular flexibility index (Phi) is 33.0. The highest BCUT2D eigenvalue weighted by atomic mass is 35.5. The van der Waals surface area contributed by atoms with Gasteiger partial charge in [0.15, 0.2) is 5.96 Å². The van der Waals surface area contributed by atoms with Crippen LogP contribution in [0.4, 0.5) is 0 Å². The molecule has 2 amide bonds. The summed E-state index contributed by atoms with van der Waals surface area (Å²) in [6.45, 7) is 4.37. The van der Waals surface area contributed by atoms with E-state index in [1.54, 1.807) is 0 Å². The minimum Gasteiger partial charge on any atom is -0.370 e. The van der Waals surface area contributed by atoms with Crippen molar-refractivity contribution in [2.24, 2.45) is 22.2 Å². The van der Waals surface area contributed by atoms with E-state index in [0.717, 1.165) is 58.0 Å². The summed E-state index contributed by atoms with van der Waals surface area (Å²) in [6, 6.07) is 0. The largest absolute Gasteiger partial charge is 0.370 e. The molecule has 0 aliphatic heterocycles. The minimum absolute atomic E-state index is 0. The van der Waals surface area contributed by atoms with Gasteiger partial charge in [-0.05, 0) is 51.7 Å². The minimum atomic E-state index is -0.230. The number of halogens is 3. The third kappa shape index (κ3) is 29.3. The molecular formula is C17H40Cl3N7O2. The lowest BCUT2D eigenvalue weighted by atomic mass is 10.2. The van der Waals surface area contributed by atoms with Crippen molar-refractivity contribution < 1.29 is 9.59 Å². The van der Waals surface area contributed by atoms with Gasteiger partial charge in [0.1, 0.15) is 6.42 Å². The fourth-order valence-corrected chi connectivity index (χ4v) is 2.25. The Morgan fingerprint density at radius 3 is 1.72 bits per heavy atom. The first-order valence-corrected chi connectivity index (χ1v) is 9.56. The summed E-state index contributed by atoms with van der Waals surface area (Å²) >= 11 is 0. The Balaban J connectivity index is -0.00000104. The third-order valence-corrected chi connectivity index (χ3v) is 3.68. The van der Waals surface area contributed by atoms with Crippen molar-refractivity contribution in [3.8, 4) is 0 Å². The molecule has 0 unspecified atom stereocenters. The second-order valence-corrected chi connectivity index (χ2v) is 6.20. The quantitative estimate of drug-likeness (QED) is 0.0765. The molecule has 0 aromatic carbocycles. The maximum atomic E-state index is 11.7. The highest BCUT2D eigenvalue weighted by Gasteiger charge is 2.07. The van der Waals surface area contributed by atoms with Crippen LogP contribution in [0.5, 0.6) is 0 Å². The number of amides is 2. The molecule has 0 fully saturated rings. The molecule has 176 valence electrons. The molecule has 29 heavy (non-hydrogen) atoms. The maximum absolute atomic E-state index is 11.7. The van der Waals surface area contributed by atoms with Gasteiger partial charge < -0.3 is 33.2 Å². The number of nitrogens with zero attached hydrogens (tertiary/aromatic N) is 1. The Morgan fingerprint density at radius 2 is 1.17 bits per heavy atom. The number of carbonyl (C=O) groups excluding carboxylic acids is 2. The average molecular weight is 481 g/mol. The van der Waals surface area contributed by atoms with Crippen LogP contribution in [0.2, 0.25) is 0 Å². The van der Waals surface area contributed by atoms with Crippen molar-refractivity contribution in [1.82, 2.24) is 16.0 Å². The van der Waals surface area contributed by atoms with Gasteiger partial charge in [0.05, 0.1) is 0 Å². The van der Waals surface area contributed by atoms with E-state index >= 15 is 0 Å². The molecule has 0 atom stereocenters. The van der Waals surface area contributed by atoms with E-state index in [1.165, 1.54) is 0 Å². The number of guanidine groups is 1. The van der Waals surface area contributed by atoms with Crippen molar-refractivity contribution in [2.45, 2.75) is 51.4 Å². The molecule has 0 aliphatic rings. The molecule has 9 N–H and O–H groups in total. The first-order chi connectivity index (χ1) is 12.6. The van der Waals surface area contributed by atoms with Gasteiger partial charge in [-0.3, -0.25) is 14.6 Å². The number of nitrogens with one attached hydrogen (secondary N) is 3. The van der Waals surface area contributed by atoms with Crippen molar-refractivity contribution in [2.75, 3.05) is 39.3 Å². The fourth-order valence-electron chi connectivity index (χ4n) is 2.25. The van der Waals surface area contributed by atoms with Crippen LogP contribution >= 0.6 is 37.2 Å². The summed E-state index contributed by atoms with van der Waals surface area (Å²) in [6.07, 6.45) is 6.55. The van der Waals surface area contributed by atoms with Crippen LogP contribution in [0.15, 0.2) is 4.99 Å². The molecule has 0 saturated heterocycles. The SMILES string of the molecule is Cl.Cl.Cl.NCCCNCCCCNC(=O)CC(=O)NCCCCCCN=C(N)N. The zero-order valence-electron chi connectivity index (χ0n) is 17.1. The van der Waals surface area contributed by atoms with E-state index in [9.17, 15) is 9.59 Å². The molecule has 0 rings (SSSR count). The zero-order chi connectivity index (χ0) is 19.5. The first-order valence-electron chi connectivity index (χ1n) is 9.56. The molecule has 0 heterocycles. The van der Waals surface area contributed by atoms with Crippen LogP contribution < -0.4 is 33.2 Å². The third-order valence-electron chi connectivity index (χ3n) is 3.68. The van der Waals surface area contributed by atoms with Crippen LogP contribution in [0.25, 0.3) is 0 Å². The summed E-state index contributed by atoms with van der Waals surface area (Å²) in [5.41, 5.74) is 15.9. The number of aliphatic imine (C=N–C) groups is 1. The molecule has 12 heteroatoms. The van der Waals surface area contributed by atoms with E-state index in [1.807, 2.05) is 0 Å². The Hall–Kier alpha value is -1.00. The van der Waals surface area contributed by atoms with Crippen LogP contribution in [0.1, 0.15) is 51.4 Å². The molecule has 0 aromatic rings. The summed E-state index contributed by atoms with van der Waals surface area (Å²) in [7, 11) is 0. The lowest BCUT2D eigenvalue weighted by molar-refractivity contribution is -0.129. The van der Waals surface area contributed by atoms with E-state index in [0.29, 0.717) is 26.2 Å². The van der Waals surface area contributed by atoms with Gasteiger partial charge in [-0.25, -0.2) is 0 Å². The van der Waals surface area contributed by atoms with Crippen LogP contribution in [0, 0.1) is 0 Å². The number of hydrogen-bond donors (Lipinski definition) is 6. The van der Waals surface area contributed by atoms with Crippen LogP contribution in [0.3, 0.4) is 0 Å². The van der Waals surface area contributed by atoms with Crippen molar-refractivity contribution in [3.05, 3.63) is 0 Å². The van der Waals surface area contributed by atoms with Gasteiger partial charge in [-0.1, -0.05) is 12.8 Å². The average Bonchev–Trinajstić information content (AvgIpc) is 2.59. The predicted octanol–water partition coefficient (Wildman–Crippen LogP) is 0.427. The summed E-state index contributed by atoms with van der Waals surface area (Å²) in [4.78, 5) is 27.2. The molecular weight excluding hydrogens is 441 g/mol. The summed E-state index contributed by atoms with van der Waals surface area (Å²) in [5, 5.41) is 8.82. The second-order valence-electron chi connectivity index (χ2n) is 6.20. The van der Waals surface area contributed by atoms with Crippen molar-refractivity contribution in [3.63, 3.8) is 0 Å². The molecule has 0 saturated carbocycles. The Morgan fingerprint density at radius 1 is 0.690 bits per heavy atom. The van der Waals surface area contributed by atoms with E-state index < -0.39 is 0 Å². The lowest BCUT2D eigenvalue weighted by Gasteiger charge is -2.07. The molecule has 0 aromatic heterocycles. The monoisotopic (exact) mass is 479 g/mol. The topological polar surface area (TPSA) is 161 Å². The number of rotatable bonds is 17. The summed E-state index contributed by atoms with van der Waals surface area (Å²) in [5.74, 6) is -0.336. The lowest BCUT2D eigenvalue weighted by Crippen LogP contribution is -2.33. The van der Waals surface area contributed by atoms with Gasteiger partial charge in [0, 0.05) is 19.6 Å². The van der Waals surface area contributed by atoms with Crippen molar-refractivity contribution >= 4 is 55.0 Å². The van der Waals surface area contributed by atoms with Gasteiger partial charge in [-0.15, -0.1) is 37.2 Å². The number of nitrogens with two attached hydrogens (primary N) is 3. The standard InChI is InChI=1S/C17H37N7O2.3ClH/c18-8-7-10-21-9-5-6-12-23-16(26)14-15(25)22-11-3-1-2-4-13-24-17(19)20;;;/h21H,1-14,18H2,(H,22,25)(H,23,26)(H4,19,20,24);3*1H. The van der Waals surface area contributed by atoms with Gasteiger partial charge in [0.25, 0.3) is 0 Å². The first kappa shape index (κ1) is 35.4. The summed E-state index contributed by atoms with van der Waals surface area (Å²) < 4.78 is 0. The highest BCUT2D eigenvalue weighted by molar-refractivity contribution is 5.96. The smallest absolute Gasteiger partial charge is 0.229 e. The molecule has 0 radical (unpaired) electrons. The van der Waals surface area contributed by atoms with E-state index in [4.69, 9.17) is 17.2 Å². The van der Waals surface area contributed by atoms with Crippen molar-refractivity contribution in [1.29, 1.82) is 0 Å². The zero-order valence-corrected chi connectivity index (χ0v) is 19.6. The van der Waals surface area contributed by atoms with Gasteiger partial charge in [0.2, 0.25) is 11.8 Å². The van der Waals surface area contributed by atoms with Crippen LogP contribution in [-0.4, -0.2) is 57.0 Å². The Bertz CT molecular complexity index is 412. The molecule has 0 aliphatic carbocycles. The highest BCUT2D eigenvalue weighted by Crippen LogP contribution is 1.99. The van der Waals surface area contributed by atoms with E-state index in [2.05, 4.69) is 20.9 Å².